The first-order chi connectivity index (χ1) is 13.3. The number of hydrogen-bond donors (Lipinski definition) is 2. The lowest BCUT2D eigenvalue weighted by atomic mass is 10.5. The monoisotopic (exact) mass is 502 g/mol. The molecule has 2 saturated heterocycles. The minimum Gasteiger partial charge on any atom is -0.808 e. The van der Waals surface area contributed by atoms with Crippen molar-refractivity contribution in [1.82, 2.24) is 0 Å². The predicted octanol–water partition coefficient (Wildman–Crippen LogP) is -0.808. The quantitative estimate of drug-likeness (QED) is 0.353. The fourth-order valence-electron chi connectivity index (χ4n) is 2.02. The van der Waals surface area contributed by atoms with Crippen LogP contribution in [0, 0.1) is 0 Å². The largest absolute Gasteiger partial charge is 0.808 e. The Kier molecular flexibility index (Phi) is 15.1. The van der Waals surface area contributed by atoms with Gasteiger partial charge in [-0.15, -0.1) is 0 Å². The minimum atomic E-state index is -5.58. The van der Waals surface area contributed by atoms with Gasteiger partial charge in [0.2, 0.25) is 3.82 Å². The number of halogens is 2. The third kappa shape index (κ3) is 12.4. The van der Waals surface area contributed by atoms with Crippen LogP contribution in [0.5, 0.6) is 0 Å². The van der Waals surface area contributed by atoms with E-state index < -0.39 is 31.2 Å². The average molecular weight is 503 g/mol. The molecule has 0 saturated carbocycles. The zero-order valence-corrected chi connectivity index (χ0v) is 20.7. The molecule has 0 unspecified atom stereocenters. The van der Waals surface area contributed by atoms with Crippen molar-refractivity contribution in [2.45, 2.75) is 43.7 Å². The van der Waals surface area contributed by atoms with Gasteiger partial charge in [0, 0.05) is 0 Å². The molecule has 2 heterocycles. The highest BCUT2D eigenvalue weighted by atomic mass is 35.5. The van der Waals surface area contributed by atoms with Gasteiger partial charge in [0.1, 0.15) is 0 Å². The molecule has 176 valence electrons. The topological polar surface area (TPSA) is 150 Å². The smallest absolute Gasteiger partial charge is 0.371 e. The lowest BCUT2D eigenvalue weighted by Crippen LogP contribution is -2.87. The molecule has 0 radical (unpaired) electrons. The third-order valence-corrected chi connectivity index (χ3v) is 9.89. The molecule has 4 N–H and O–H groups in total. The van der Waals surface area contributed by atoms with Crippen LogP contribution < -0.4 is 20.4 Å². The van der Waals surface area contributed by atoms with Crippen molar-refractivity contribution >= 4 is 38.4 Å². The normalized spacial score (nSPS) is 18.6. The molecule has 0 amide bonds. The zero-order valence-electron chi connectivity index (χ0n) is 17.4. The van der Waals surface area contributed by atoms with E-state index in [2.05, 4.69) is 10.6 Å². The summed E-state index contributed by atoms with van der Waals surface area (Å²) in [6.07, 6.45) is -1.36. The Hall–Kier alpha value is 0.720. The molecule has 14 heteroatoms. The number of morpholine rings is 2. The Bertz CT molecular complexity index is 477. The van der Waals surface area contributed by atoms with Crippen LogP contribution in [0.2, 0.25) is 0 Å². The van der Waals surface area contributed by atoms with Gasteiger partial charge in [0.05, 0.1) is 64.8 Å². The summed E-state index contributed by atoms with van der Waals surface area (Å²) >= 11 is 10.7. The number of ether oxygens (including phenoxy) is 2. The Balaban J connectivity index is 0.000000519. The molecule has 2 fully saturated rings. The van der Waals surface area contributed by atoms with Crippen molar-refractivity contribution < 1.29 is 48.1 Å². The van der Waals surface area contributed by atoms with Crippen LogP contribution in [-0.4, -0.2) is 68.6 Å². The van der Waals surface area contributed by atoms with E-state index in [0.717, 1.165) is 52.6 Å². The number of quaternary nitrogens is 2. The van der Waals surface area contributed by atoms with Gasteiger partial charge in [0.15, 0.2) is 0 Å². The SMILES string of the molecule is C1COCC[NH2+]1.C1COCC[NH2+]1.CC(C)OP(=O)(OC(C)C)C(Cl)(Cl)P(=O)([O-])[O-]. The standard InChI is InChI=1S/C7H16Cl2O6P2.2C4H9NO/c1-5(2)14-17(13,15-6(3)4)7(8,9)16(10,11)12;2*1-3-6-4-2-5-1/h5-6H,1-4H3,(H2,10,11,12);2*5H,1-4H2. The molecular weight excluding hydrogens is 469 g/mol. The molecule has 0 aromatic heterocycles. The van der Waals surface area contributed by atoms with Crippen molar-refractivity contribution in [2.24, 2.45) is 0 Å². The fraction of sp³-hybridized carbons (Fsp3) is 1.00. The first-order valence-corrected chi connectivity index (χ1v) is 13.3. The summed E-state index contributed by atoms with van der Waals surface area (Å²) in [5.74, 6) is 0. The minimum absolute atomic E-state index is 0.678. The zero-order chi connectivity index (χ0) is 22.6. The number of nitrogens with two attached hydrogens (primary N) is 2. The molecule has 2 aliphatic heterocycles. The Morgan fingerprint density at radius 1 is 0.828 bits per heavy atom. The van der Waals surface area contributed by atoms with E-state index in [9.17, 15) is 18.9 Å². The molecule has 0 spiro atoms. The van der Waals surface area contributed by atoms with E-state index in [1.54, 1.807) is 0 Å². The highest BCUT2D eigenvalue weighted by Crippen LogP contribution is 2.76. The van der Waals surface area contributed by atoms with Crippen molar-refractivity contribution in [2.75, 3.05) is 52.6 Å². The van der Waals surface area contributed by atoms with Crippen LogP contribution in [0.15, 0.2) is 0 Å². The molecule has 2 aliphatic rings. The molecule has 10 nitrogen and oxygen atoms in total. The van der Waals surface area contributed by atoms with Crippen LogP contribution in [0.1, 0.15) is 27.7 Å². The Labute approximate surface area is 183 Å². The molecule has 0 aromatic carbocycles. The van der Waals surface area contributed by atoms with Gasteiger partial charge in [-0.1, -0.05) is 23.2 Å². The Morgan fingerprint density at radius 2 is 1.14 bits per heavy atom. The average Bonchev–Trinajstić information content (AvgIpc) is 2.63. The fourth-order valence-corrected chi connectivity index (χ4v) is 5.39. The van der Waals surface area contributed by atoms with Gasteiger partial charge < -0.3 is 43.5 Å². The van der Waals surface area contributed by atoms with E-state index >= 15 is 0 Å². The van der Waals surface area contributed by atoms with Crippen LogP contribution in [0.3, 0.4) is 0 Å². The summed E-state index contributed by atoms with van der Waals surface area (Å²) < 4.78 is 39.8. The van der Waals surface area contributed by atoms with Crippen LogP contribution >= 0.6 is 38.4 Å². The maximum absolute atomic E-state index is 12.2. The molecule has 29 heavy (non-hydrogen) atoms. The second kappa shape index (κ2) is 14.7. The van der Waals surface area contributed by atoms with Crippen LogP contribution in [0.25, 0.3) is 0 Å². The molecule has 0 bridgehead atoms. The van der Waals surface area contributed by atoms with Crippen molar-refractivity contribution in [3.63, 3.8) is 0 Å². The molecule has 0 aliphatic carbocycles. The van der Waals surface area contributed by atoms with E-state index in [0.29, 0.717) is 0 Å². The second-order valence-electron chi connectivity index (χ2n) is 6.77. The summed E-state index contributed by atoms with van der Waals surface area (Å²) in [7, 11) is -10.1. The maximum atomic E-state index is 12.2. The van der Waals surface area contributed by atoms with E-state index in [1.165, 1.54) is 27.7 Å². The Morgan fingerprint density at radius 3 is 1.28 bits per heavy atom. The first kappa shape index (κ1) is 29.7. The highest BCUT2D eigenvalue weighted by molar-refractivity contribution is 7.78. The van der Waals surface area contributed by atoms with E-state index in [-0.39, 0.29) is 0 Å². The van der Waals surface area contributed by atoms with Crippen molar-refractivity contribution in [1.29, 1.82) is 0 Å². The third-order valence-electron chi connectivity index (χ3n) is 3.22. The number of hydrogen-bond acceptors (Lipinski definition) is 8. The summed E-state index contributed by atoms with van der Waals surface area (Å²) in [5, 5.41) is 4.53. The van der Waals surface area contributed by atoms with Gasteiger partial charge in [-0.25, -0.2) is 0 Å². The predicted molar refractivity (Wildman–Crippen MR) is 107 cm³/mol. The lowest BCUT2D eigenvalue weighted by molar-refractivity contribution is -0.670. The molecular formula is C15H34Cl2N2O8P2. The summed E-state index contributed by atoms with van der Waals surface area (Å²) in [4.78, 5) is 21.9. The molecule has 0 aromatic rings. The van der Waals surface area contributed by atoms with Gasteiger partial charge in [0.25, 0.3) is 0 Å². The maximum Gasteiger partial charge on any atom is 0.371 e. The molecule has 2 rings (SSSR count). The summed E-state index contributed by atoms with van der Waals surface area (Å²) in [6, 6.07) is 0. The number of rotatable bonds is 6. The van der Waals surface area contributed by atoms with E-state index in [1.807, 2.05) is 0 Å². The van der Waals surface area contributed by atoms with Gasteiger partial charge in [-0.3, -0.25) is 4.57 Å². The van der Waals surface area contributed by atoms with Crippen LogP contribution in [0.4, 0.5) is 0 Å². The van der Waals surface area contributed by atoms with Gasteiger partial charge >= 0.3 is 7.60 Å². The first-order valence-electron chi connectivity index (χ1n) is 9.49. The highest BCUT2D eigenvalue weighted by Gasteiger charge is 2.53. The lowest BCUT2D eigenvalue weighted by Gasteiger charge is -2.44. The van der Waals surface area contributed by atoms with Gasteiger partial charge in [-0.05, 0) is 35.3 Å². The summed E-state index contributed by atoms with van der Waals surface area (Å²) in [6.45, 7) is 14.3. The van der Waals surface area contributed by atoms with Crippen molar-refractivity contribution in [3.05, 3.63) is 0 Å². The number of alkyl halides is 2. The van der Waals surface area contributed by atoms with Crippen LogP contribution in [-0.2, 0) is 27.7 Å². The van der Waals surface area contributed by atoms with Gasteiger partial charge in [-0.2, -0.15) is 0 Å². The second-order valence-corrected chi connectivity index (χ2v) is 13.3. The van der Waals surface area contributed by atoms with E-state index in [4.69, 9.17) is 41.7 Å². The summed E-state index contributed by atoms with van der Waals surface area (Å²) in [5.41, 5.74) is 0. The molecule has 0 atom stereocenters. The van der Waals surface area contributed by atoms with Crippen molar-refractivity contribution in [3.8, 4) is 0 Å².